The lowest BCUT2D eigenvalue weighted by Crippen LogP contribution is -2.43. The fraction of sp³-hybridized carbons (Fsp3) is 0.333. The summed E-state index contributed by atoms with van der Waals surface area (Å²) in [5.74, 6) is 0. The van der Waals surface area contributed by atoms with Crippen LogP contribution in [0.3, 0.4) is 0 Å². The first-order valence-electron chi connectivity index (χ1n) is 5.73. The van der Waals surface area contributed by atoms with Crippen LogP contribution in [0.2, 0.25) is 0 Å². The van der Waals surface area contributed by atoms with Crippen LogP contribution in [0.1, 0.15) is 0 Å². The summed E-state index contributed by atoms with van der Waals surface area (Å²) in [6, 6.07) is 6.84. The van der Waals surface area contributed by atoms with E-state index >= 15 is 0 Å². The molecule has 1 aromatic rings. The lowest BCUT2D eigenvalue weighted by atomic mass is 10.3. The average Bonchev–Trinajstić information content (AvgIpc) is 2.40. The van der Waals surface area contributed by atoms with Crippen molar-refractivity contribution in [2.75, 3.05) is 36.9 Å². The van der Waals surface area contributed by atoms with Gasteiger partial charge in [0.15, 0.2) is 0 Å². The third kappa shape index (κ3) is 3.21. The molecule has 0 radical (unpaired) electrons. The van der Waals surface area contributed by atoms with Gasteiger partial charge in [0.05, 0.1) is 13.2 Å². The first kappa shape index (κ1) is 12.4. The smallest absolute Gasteiger partial charge is 0.322 e. The van der Waals surface area contributed by atoms with E-state index in [2.05, 4.69) is 10.6 Å². The lowest BCUT2D eigenvalue weighted by molar-refractivity contribution is -0.105. The number of urea groups is 1. The van der Waals surface area contributed by atoms with E-state index in [1.165, 1.54) is 0 Å². The molecular weight excluding hydrogens is 234 g/mol. The second kappa shape index (κ2) is 6.02. The summed E-state index contributed by atoms with van der Waals surface area (Å²) in [5.41, 5.74) is 1.29. The zero-order valence-electron chi connectivity index (χ0n) is 9.89. The highest BCUT2D eigenvalue weighted by atomic mass is 16.5. The van der Waals surface area contributed by atoms with Gasteiger partial charge in [0.1, 0.15) is 0 Å². The number of ether oxygens (including phenoxy) is 1. The van der Waals surface area contributed by atoms with Crippen molar-refractivity contribution in [3.8, 4) is 0 Å². The minimum Gasteiger partial charge on any atom is -0.378 e. The normalized spacial score (nSPS) is 15.0. The number of carbonyl (C=O) groups excluding carboxylic acids is 2. The molecule has 3 amide bonds. The summed E-state index contributed by atoms with van der Waals surface area (Å²) >= 11 is 0. The van der Waals surface area contributed by atoms with E-state index in [0.717, 1.165) is 0 Å². The Bertz CT molecular complexity index is 430. The number of hydrogen-bond acceptors (Lipinski definition) is 3. The Hall–Kier alpha value is -2.08. The van der Waals surface area contributed by atoms with Crippen LogP contribution in [0.5, 0.6) is 0 Å². The number of amides is 3. The van der Waals surface area contributed by atoms with Crippen LogP contribution in [0.15, 0.2) is 24.3 Å². The molecule has 1 aromatic carbocycles. The maximum atomic E-state index is 11.9. The fourth-order valence-corrected chi connectivity index (χ4v) is 1.72. The Morgan fingerprint density at radius 1 is 1.28 bits per heavy atom. The number of nitrogens with zero attached hydrogens (tertiary/aromatic N) is 1. The van der Waals surface area contributed by atoms with Gasteiger partial charge in [-0.1, -0.05) is 6.07 Å². The number of anilines is 2. The van der Waals surface area contributed by atoms with Gasteiger partial charge in [-0.25, -0.2) is 4.79 Å². The molecular formula is C12H15N3O3. The summed E-state index contributed by atoms with van der Waals surface area (Å²) in [4.78, 5) is 23.9. The van der Waals surface area contributed by atoms with Crippen LogP contribution >= 0.6 is 0 Å². The second-order valence-corrected chi connectivity index (χ2v) is 3.87. The highest BCUT2D eigenvalue weighted by molar-refractivity contribution is 5.90. The first-order valence-corrected chi connectivity index (χ1v) is 5.73. The summed E-state index contributed by atoms with van der Waals surface area (Å²) < 4.78 is 5.18. The Morgan fingerprint density at radius 3 is 2.72 bits per heavy atom. The van der Waals surface area contributed by atoms with Gasteiger partial charge in [0.2, 0.25) is 6.41 Å². The minimum atomic E-state index is -0.151. The van der Waals surface area contributed by atoms with Crippen LogP contribution in [0.25, 0.3) is 0 Å². The highest BCUT2D eigenvalue weighted by Crippen LogP contribution is 2.15. The van der Waals surface area contributed by atoms with E-state index in [1.54, 1.807) is 29.2 Å². The highest BCUT2D eigenvalue weighted by Gasteiger charge is 2.16. The van der Waals surface area contributed by atoms with Gasteiger partial charge in [-0.15, -0.1) is 0 Å². The molecule has 6 heteroatoms. The molecule has 0 atom stereocenters. The van der Waals surface area contributed by atoms with E-state index in [1.807, 2.05) is 0 Å². The Morgan fingerprint density at radius 2 is 2.00 bits per heavy atom. The van der Waals surface area contributed by atoms with Gasteiger partial charge in [0, 0.05) is 24.5 Å². The van der Waals surface area contributed by atoms with Gasteiger partial charge >= 0.3 is 6.03 Å². The summed E-state index contributed by atoms with van der Waals surface area (Å²) in [5, 5.41) is 5.32. The van der Waals surface area contributed by atoms with Gasteiger partial charge in [0.25, 0.3) is 0 Å². The molecule has 2 rings (SSSR count). The lowest BCUT2D eigenvalue weighted by Gasteiger charge is -2.26. The third-order valence-corrected chi connectivity index (χ3v) is 2.64. The van der Waals surface area contributed by atoms with Gasteiger partial charge in [-0.2, -0.15) is 0 Å². The molecule has 1 heterocycles. The Kier molecular flexibility index (Phi) is 4.14. The molecule has 1 aliphatic rings. The zero-order valence-corrected chi connectivity index (χ0v) is 9.89. The molecule has 0 bridgehead atoms. The maximum absolute atomic E-state index is 11.9. The van der Waals surface area contributed by atoms with Crippen molar-refractivity contribution >= 4 is 23.8 Å². The SMILES string of the molecule is O=CNc1cccc(NC(=O)N2CCOCC2)c1. The number of nitrogens with one attached hydrogen (secondary N) is 2. The van der Waals surface area contributed by atoms with Gasteiger partial charge < -0.3 is 20.3 Å². The van der Waals surface area contributed by atoms with Crippen LogP contribution in [0, 0.1) is 0 Å². The number of rotatable bonds is 3. The Balaban J connectivity index is 1.97. The van der Waals surface area contributed by atoms with Crippen molar-refractivity contribution in [3.63, 3.8) is 0 Å². The van der Waals surface area contributed by atoms with E-state index < -0.39 is 0 Å². The molecule has 0 saturated carbocycles. The van der Waals surface area contributed by atoms with E-state index in [-0.39, 0.29) is 6.03 Å². The van der Waals surface area contributed by atoms with Crippen molar-refractivity contribution in [3.05, 3.63) is 24.3 Å². The standard InChI is InChI=1S/C12H15N3O3/c16-9-13-10-2-1-3-11(8-10)14-12(17)15-4-6-18-7-5-15/h1-3,8-9H,4-7H2,(H,13,16)(H,14,17). The van der Waals surface area contributed by atoms with Crippen LogP contribution in [0.4, 0.5) is 16.2 Å². The van der Waals surface area contributed by atoms with E-state index in [0.29, 0.717) is 44.1 Å². The molecule has 6 nitrogen and oxygen atoms in total. The van der Waals surface area contributed by atoms with Crippen molar-refractivity contribution in [2.24, 2.45) is 0 Å². The van der Waals surface area contributed by atoms with Crippen molar-refractivity contribution in [2.45, 2.75) is 0 Å². The summed E-state index contributed by atoms with van der Waals surface area (Å²) in [6.45, 7) is 2.33. The molecule has 2 N–H and O–H groups in total. The number of carbonyl (C=O) groups is 2. The van der Waals surface area contributed by atoms with Crippen LogP contribution < -0.4 is 10.6 Å². The average molecular weight is 249 g/mol. The van der Waals surface area contributed by atoms with Crippen molar-refractivity contribution in [1.29, 1.82) is 0 Å². The largest absolute Gasteiger partial charge is 0.378 e. The number of benzene rings is 1. The molecule has 0 aliphatic carbocycles. The molecule has 0 aromatic heterocycles. The fourth-order valence-electron chi connectivity index (χ4n) is 1.72. The third-order valence-electron chi connectivity index (χ3n) is 2.64. The summed E-state index contributed by atoms with van der Waals surface area (Å²) in [6.07, 6.45) is 0.600. The molecule has 0 spiro atoms. The second-order valence-electron chi connectivity index (χ2n) is 3.87. The van der Waals surface area contributed by atoms with E-state index in [4.69, 9.17) is 4.74 Å². The monoisotopic (exact) mass is 249 g/mol. The zero-order chi connectivity index (χ0) is 12.8. The van der Waals surface area contributed by atoms with Gasteiger partial charge in [-0.05, 0) is 18.2 Å². The molecule has 0 unspecified atom stereocenters. The predicted octanol–water partition coefficient (Wildman–Crippen LogP) is 1.12. The first-order chi connectivity index (χ1) is 8.79. The molecule has 1 aliphatic heterocycles. The van der Waals surface area contributed by atoms with Crippen molar-refractivity contribution in [1.82, 2.24) is 4.90 Å². The number of hydrogen-bond donors (Lipinski definition) is 2. The molecule has 1 saturated heterocycles. The Labute approximate surface area is 105 Å². The molecule has 96 valence electrons. The minimum absolute atomic E-state index is 0.151. The van der Waals surface area contributed by atoms with Crippen molar-refractivity contribution < 1.29 is 14.3 Å². The van der Waals surface area contributed by atoms with Crippen LogP contribution in [-0.4, -0.2) is 43.6 Å². The topological polar surface area (TPSA) is 70.7 Å². The number of morpholine rings is 1. The molecule has 18 heavy (non-hydrogen) atoms. The van der Waals surface area contributed by atoms with E-state index in [9.17, 15) is 9.59 Å². The van der Waals surface area contributed by atoms with Crippen LogP contribution in [-0.2, 0) is 9.53 Å². The quantitative estimate of drug-likeness (QED) is 0.788. The maximum Gasteiger partial charge on any atom is 0.322 e. The van der Waals surface area contributed by atoms with Gasteiger partial charge in [-0.3, -0.25) is 4.79 Å². The summed E-state index contributed by atoms with van der Waals surface area (Å²) in [7, 11) is 0. The predicted molar refractivity (Wildman–Crippen MR) is 67.5 cm³/mol. The molecule has 1 fully saturated rings.